The van der Waals surface area contributed by atoms with Gasteiger partial charge in [0.1, 0.15) is 13.0 Å². The molecule has 0 atom stereocenters. The van der Waals surface area contributed by atoms with Gasteiger partial charge in [0.05, 0.1) is 5.69 Å². The summed E-state index contributed by atoms with van der Waals surface area (Å²) in [5.41, 5.74) is 4.48. The number of rotatable bonds is 6. The number of nitrogens with zero attached hydrogens (tertiary/aromatic N) is 4. The smallest absolute Gasteiger partial charge is 0.146 e. The second kappa shape index (κ2) is 7.54. The lowest BCUT2D eigenvalue weighted by Crippen LogP contribution is -2.41. The summed E-state index contributed by atoms with van der Waals surface area (Å²) in [5, 5.41) is 11.9. The highest BCUT2D eigenvalue weighted by Gasteiger charge is 2.44. The lowest BCUT2D eigenvalue weighted by atomic mass is 10.2. The summed E-state index contributed by atoms with van der Waals surface area (Å²) in [6, 6.07) is 6.50. The van der Waals surface area contributed by atoms with Crippen LogP contribution in [-0.4, -0.2) is 19.3 Å². The summed E-state index contributed by atoms with van der Waals surface area (Å²) >= 11 is 2.16. The van der Waals surface area contributed by atoms with Crippen molar-refractivity contribution in [1.82, 2.24) is 5.01 Å². The third-order valence-electron chi connectivity index (χ3n) is 5.36. The molecule has 0 saturated heterocycles. The van der Waals surface area contributed by atoms with Gasteiger partial charge >= 0.3 is 0 Å². The Morgan fingerprint density at radius 1 is 1.00 bits per heavy atom. The summed E-state index contributed by atoms with van der Waals surface area (Å²) in [6.07, 6.45) is 0. The molecule has 1 heterocycles. The number of benzene rings is 1. The van der Waals surface area contributed by atoms with E-state index in [0.29, 0.717) is 16.6 Å². The van der Waals surface area contributed by atoms with Crippen molar-refractivity contribution in [3.63, 3.8) is 0 Å². The van der Waals surface area contributed by atoms with Gasteiger partial charge in [-0.2, -0.15) is 5.01 Å². The maximum atomic E-state index is 4.26. The van der Waals surface area contributed by atoms with Gasteiger partial charge in [0.2, 0.25) is 0 Å². The maximum Gasteiger partial charge on any atom is 0.146 e. The van der Waals surface area contributed by atoms with E-state index in [-0.39, 0.29) is 0 Å². The molecule has 2 rings (SSSR count). The van der Waals surface area contributed by atoms with Crippen LogP contribution in [0.25, 0.3) is 0 Å². The SMILES string of the molecule is C=C1N(C)N=NN1c1cccc(S[Si](C(C)C)(C(C)C)C(C)C)c1C. The first kappa shape index (κ1) is 20.0. The third kappa shape index (κ3) is 3.51. The van der Waals surface area contributed by atoms with Crippen molar-refractivity contribution in [2.45, 2.75) is 70.0 Å². The molecular weight excluding hydrogens is 344 g/mol. The molecule has 138 valence electrons. The highest BCUT2D eigenvalue weighted by Crippen LogP contribution is 2.53. The molecule has 25 heavy (non-hydrogen) atoms. The van der Waals surface area contributed by atoms with Gasteiger partial charge in [0, 0.05) is 11.9 Å². The van der Waals surface area contributed by atoms with E-state index in [1.54, 1.807) is 5.01 Å². The first-order valence-corrected chi connectivity index (χ1v) is 12.8. The van der Waals surface area contributed by atoms with Crippen LogP contribution in [-0.2, 0) is 0 Å². The van der Waals surface area contributed by atoms with Crippen LogP contribution in [0.2, 0.25) is 16.6 Å². The molecule has 1 aromatic rings. The zero-order valence-corrected chi connectivity index (χ0v) is 18.7. The Morgan fingerprint density at radius 2 is 1.56 bits per heavy atom. The first-order chi connectivity index (χ1) is 11.6. The van der Waals surface area contributed by atoms with Crippen molar-refractivity contribution in [1.29, 1.82) is 0 Å². The number of hydrogen-bond donors (Lipinski definition) is 0. The molecule has 0 aromatic heterocycles. The average Bonchev–Trinajstić information content (AvgIpc) is 2.85. The Kier molecular flexibility index (Phi) is 6.04. The number of anilines is 1. The van der Waals surface area contributed by atoms with E-state index in [2.05, 4.69) is 94.9 Å². The molecule has 0 amide bonds. The second-order valence-corrected chi connectivity index (χ2v) is 16.3. The van der Waals surface area contributed by atoms with Gasteiger partial charge in [-0.15, -0.1) is 11.2 Å². The summed E-state index contributed by atoms with van der Waals surface area (Å²) in [7, 11) is 0.288. The molecule has 1 aromatic carbocycles. The van der Waals surface area contributed by atoms with Gasteiger partial charge in [-0.05, 0) is 51.7 Å². The molecule has 1 aliphatic heterocycles. The van der Waals surface area contributed by atoms with Crippen LogP contribution < -0.4 is 5.01 Å². The van der Waals surface area contributed by atoms with Crippen molar-refractivity contribution in [3.8, 4) is 0 Å². The zero-order chi connectivity index (χ0) is 18.9. The van der Waals surface area contributed by atoms with Crippen LogP contribution in [0.4, 0.5) is 5.69 Å². The number of hydrogen-bond acceptors (Lipinski definition) is 5. The molecule has 1 aliphatic rings. The highest BCUT2D eigenvalue weighted by molar-refractivity contribution is 8.29. The van der Waals surface area contributed by atoms with E-state index in [4.69, 9.17) is 0 Å². The Hall–Kier alpha value is -1.27. The minimum Gasteiger partial charge on any atom is -0.231 e. The lowest BCUT2D eigenvalue weighted by Gasteiger charge is -2.42. The lowest BCUT2D eigenvalue weighted by molar-refractivity contribution is 0.459. The molecule has 0 unspecified atom stereocenters. The predicted octanol–water partition coefficient (Wildman–Crippen LogP) is 6.77. The minimum atomic E-state index is -1.58. The molecule has 0 fully saturated rings. The minimum absolute atomic E-state index is 0.716. The normalized spacial score (nSPS) is 15.4. The van der Waals surface area contributed by atoms with Gasteiger partial charge in [-0.3, -0.25) is 0 Å². The second-order valence-electron chi connectivity index (χ2n) is 7.75. The first-order valence-electron chi connectivity index (χ1n) is 9.05. The van der Waals surface area contributed by atoms with E-state index in [9.17, 15) is 0 Å². The molecule has 0 N–H and O–H groups in total. The summed E-state index contributed by atoms with van der Waals surface area (Å²) in [4.78, 5) is 1.37. The fourth-order valence-electron chi connectivity index (χ4n) is 4.01. The van der Waals surface area contributed by atoms with E-state index < -0.39 is 7.22 Å². The van der Waals surface area contributed by atoms with Crippen molar-refractivity contribution in [2.75, 3.05) is 12.1 Å². The largest absolute Gasteiger partial charge is 0.231 e. The predicted molar refractivity (Wildman–Crippen MR) is 112 cm³/mol. The Morgan fingerprint density at radius 3 is 2.00 bits per heavy atom. The third-order valence-corrected chi connectivity index (χ3v) is 17.8. The molecule has 0 bridgehead atoms. The van der Waals surface area contributed by atoms with Gasteiger partial charge in [-0.25, -0.2) is 5.01 Å². The highest BCUT2D eigenvalue weighted by atomic mass is 32.4. The van der Waals surface area contributed by atoms with Crippen LogP contribution in [0, 0.1) is 6.92 Å². The molecular formula is C19H32N4SSi. The van der Waals surface area contributed by atoms with Crippen molar-refractivity contribution in [2.24, 2.45) is 10.4 Å². The van der Waals surface area contributed by atoms with E-state index in [1.807, 2.05) is 12.1 Å². The molecule has 0 saturated carbocycles. The van der Waals surface area contributed by atoms with E-state index in [0.717, 1.165) is 11.5 Å². The van der Waals surface area contributed by atoms with Crippen molar-refractivity contribution < 1.29 is 0 Å². The van der Waals surface area contributed by atoms with Crippen LogP contribution in [0.1, 0.15) is 47.1 Å². The van der Waals surface area contributed by atoms with E-state index >= 15 is 0 Å². The summed E-state index contributed by atoms with van der Waals surface area (Å²) in [5.74, 6) is 0.783. The standard InChI is InChI=1S/C19H32N4SSi/c1-13(2)25(14(3)4,15(5)6)24-19-12-10-11-18(16(19)7)23-17(8)22(9)20-21-23/h10-15H,8H2,1-7,9H3. The van der Waals surface area contributed by atoms with Crippen molar-refractivity contribution >= 4 is 24.1 Å². The molecule has 0 spiro atoms. The quantitative estimate of drug-likeness (QED) is 0.513. The Bertz CT molecular complexity index is 648. The molecule has 0 radical (unpaired) electrons. The van der Waals surface area contributed by atoms with Crippen LogP contribution in [0.15, 0.2) is 45.9 Å². The summed E-state index contributed by atoms with van der Waals surface area (Å²) < 4.78 is 0. The molecule has 0 aliphatic carbocycles. The topological polar surface area (TPSA) is 31.2 Å². The Balaban J connectivity index is 2.45. The molecule has 4 nitrogen and oxygen atoms in total. The fraction of sp³-hybridized carbons (Fsp3) is 0.579. The molecule has 6 heteroatoms. The van der Waals surface area contributed by atoms with Gasteiger partial charge in [-0.1, -0.05) is 54.2 Å². The average molecular weight is 377 g/mol. The maximum absolute atomic E-state index is 4.26. The van der Waals surface area contributed by atoms with Gasteiger partial charge in [0.25, 0.3) is 0 Å². The van der Waals surface area contributed by atoms with Gasteiger partial charge < -0.3 is 0 Å². The monoisotopic (exact) mass is 376 g/mol. The van der Waals surface area contributed by atoms with Crippen LogP contribution >= 0.6 is 11.2 Å². The van der Waals surface area contributed by atoms with Crippen LogP contribution in [0.5, 0.6) is 0 Å². The van der Waals surface area contributed by atoms with Gasteiger partial charge in [0.15, 0.2) is 0 Å². The Labute approximate surface area is 158 Å². The van der Waals surface area contributed by atoms with Crippen molar-refractivity contribution in [3.05, 3.63) is 36.2 Å². The van der Waals surface area contributed by atoms with Crippen LogP contribution in [0.3, 0.4) is 0 Å². The zero-order valence-electron chi connectivity index (χ0n) is 16.9. The van der Waals surface area contributed by atoms with E-state index in [1.165, 1.54) is 10.5 Å². The fourth-order valence-corrected chi connectivity index (χ4v) is 13.4. The summed E-state index contributed by atoms with van der Waals surface area (Å²) in [6.45, 7) is 20.7.